The highest BCUT2D eigenvalue weighted by Crippen LogP contribution is 2.14. The molecule has 0 aliphatic carbocycles. The van der Waals surface area contributed by atoms with Gasteiger partial charge >= 0.3 is 0 Å². The second-order valence-corrected chi connectivity index (χ2v) is 6.59. The highest BCUT2D eigenvalue weighted by Gasteiger charge is 2.19. The van der Waals surface area contributed by atoms with Gasteiger partial charge in [-0.15, -0.1) is 0 Å². The molecule has 0 amide bonds. The second-order valence-electron chi connectivity index (χ2n) is 6.59. The van der Waals surface area contributed by atoms with E-state index in [-0.39, 0.29) is 0 Å². The molecule has 3 heteroatoms. The molecule has 0 spiro atoms. The van der Waals surface area contributed by atoms with Gasteiger partial charge in [-0.25, -0.2) is 0 Å². The molecule has 1 fully saturated rings. The van der Waals surface area contributed by atoms with Crippen LogP contribution in [0.2, 0.25) is 0 Å². The summed E-state index contributed by atoms with van der Waals surface area (Å²) in [5.74, 6) is 1.44. The molecule has 0 unspecified atom stereocenters. The highest BCUT2D eigenvalue weighted by molar-refractivity contribution is 4.71. The Bertz CT molecular complexity index is 219. The Balaban J connectivity index is 2.08. The van der Waals surface area contributed by atoms with Crippen molar-refractivity contribution in [3.05, 3.63) is 0 Å². The van der Waals surface area contributed by atoms with Gasteiger partial charge in [0, 0.05) is 26.2 Å². The predicted octanol–water partition coefficient (Wildman–Crippen LogP) is 3.19. The summed E-state index contributed by atoms with van der Waals surface area (Å²) in [4.78, 5) is 2.49. The summed E-state index contributed by atoms with van der Waals surface area (Å²) < 4.78 is 11.5. The molecule has 0 saturated carbocycles. The summed E-state index contributed by atoms with van der Waals surface area (Å²) in [5, 5.41) is 0. The third kappa shape index (κ3) is 8.61. The lowest BCUT2D eigenvalue weighted by Crippen LogP contribution is -2.43. The van der Waals surface area contributed by atoms with E-state index in [0.717, 1.165) is 45.4 Å². The minimum absolute atomic E-state index is 0.442. The van der Waals surface area contributed by atoms with Crippen molar-refractivity contribution in [3.8, 4) is 0 Å². The minimum Gasteiger partial charge on any atom is -0.380 e. The van der Waals surface area contributed by atoms with Crippen LogP contribution in [0, 0.1) is 11.8 Å². The summed E-state index contributed by atoms with van der Waals surface area (Å²) in [6.07, 6.45) is 4.26. The maximum atomic E-state index is 5.85. The number of hydrogen-bond acceptors (Lipinski definition) is 3. The van der Waals surface area contributed by atoms with Crippen LogP contribution < -0.4 is 0 Å². The van der Waals surface area contributed by atoms with Crippen LogP contribution in [0.3, 0.4) is 0 Å². The summed E-state index contributed by atoms with van der Waals surface area (Å²) >= 11 is 0. The summed E-state index contributed by atoms with van der Waals surface area (Å²) in [5.41, 5.74) is 0. The zero-order chi connectivity index (χ0) is 14.1. The van der Waals surface area contributed by atoms with Gasteiger partial charge in [-0.2, -0.15) is 0 Å². The van der Waals surface area contributed by atoms with E-state index < -0.39 is 0 Å². The van der Waals surface area contributed by atoms with E-state index in [1.54, 1.807) is 0 Å². The molecule has 114 valence electrons. The fourth-order valence-corrected chi connectivity index (χ4v) is 2.42. The van der Waals surface area contributed by atoms with Gasteiger partial charge in [0.05, 0.1) is 19.3 Å². The Morgan fingerprint density at radius 3 is 2.68 bits per heavy atom. The SMILES string of the molecule is CC(C)CCC[C@H]1CN(CCOCC(C)C)CCO1. The second kappa shape index (κ2) is 9.73. The fraction of sp³-hybridized carbons (Fsp3) is 1.00. The maximum Gasteiger partial charge on any atom is 0.0702 e. The van der Waals surface area contributed by atoms with Crippen molar-refractivity contribution < 1.29 is 9.47 Å². The zero-order valence-electron chi connectivity index (χ0n) is 13.4. The molecular weight excluding hydrogens is 238 g/mol. The largest absolute Gasteiger partial charge is 0.380 e. The lowest BCUT2D eigenvalue weighted by molar-refractivity contribution is -0.0413. The molecule has 1 aliphatic rings. The summed E-state index contributed by atoms with van der Waals surface area (Å²) in [6.45, 7) is 14.8. The topological polar surface area (TPSA) is 21.7 Å². The van der Waals surface area contributed by atoms with Crippen molar-refractivity contribution in [1.29, 1.82) is 0 Å². The number of morpholine rings is 1. The molecular formula is C16H33NO2. The Kier molecular flexibility index (Phi) is 8.67. The molecule has 0 aromatic carbocycles. The first kappa shape index (κ1) is 16.9. The molecule has 0 aromatic heterocycles. The lowest BCUT2D eigenvalue weighted by Gasteiger charge is -2.33. The predicted molar refractivity (Wildman–Crippen MR) is 80.5 cm³/mol. The van der Waals surface area contributed by atoms with E-state index in [1.165, 1.54) is 19.3 Å². The number of hydrogen-bond donors (Lipinski definition) is 0. The van der Waals surface area contributed by atoms with Crippen molar-refractivity contribution in [2.24, 2.45) is 11.8 Å². The Labute approximate surface area is 119 Å². The molecule has 19 heavy (non-hydrogen) atoms. The van der Waals surface area contributed by atoms with Crippen LogP contribution in [0.4, 0.5) is 0 Å². The van der Waals surface area contributed by atoms with E-state index in [0.29, 0.717) is 12.0 Å². The smallest absolute Gasteiger partial charge is 0.0702 e. The van der Waals surface area contributed by atoms with E-state index in [9.17, 15) is 0 Å². The van der Waals surface area contributed by atoms with Gasteiger partial charge in [0.2, 0.25) is 0 Å². The number of nitrogens with zero attached hydrogens (tertiary/aromatic N) is 1. The van der Waals surface area contributed by atoms with E-state index in [1.807, 2.05) is 0 Å². The number of ether oxygens (including phenoxy) is 2. The molecule has 0 bridgehead atoms. The Hall–Kier alpha value is -0.120. The third-order valence-corrected chi connectivity index (χ3v) is 3.53. The molecule has 0 aromatic rings. The summed E-state index contributed by atoms with van der Waals surface area (Å²) in [7, 11) is 0. The Morgan fingerprint density at radius 1 is 1.21 bits per heavy atom. The van der Waals surface area contributed by atoms with Crippen LogP contribution in [0.1, 0.15) is 47.0 Å². The van der Waals surface area contributed by atoms with E-state index >= 15 is 0 Å². The molecule has 1 rings (SSSR count). The maximum absolute atomic E-state index is 5.85. The molecule has 1 saturated heterocycles. The van der Waals surface area contributed by atoms with Crippen molar-refractivity contribution in [2.45, 2.75) is 53.1 Å². The molecule has 0 radical (unpaired) electrons. The lowest BCUT2D eigenvalue weighted by atomic mass is 10.0. The molecule has 3 nitrogen and oxygen atoms in total. The first-order valence-electron chi connectivity index (χ1n) is 7.99. The van der Waals surface area contributed by atoms with Gasteiger partial charge in [-0.05, 0) is 18.3 Å². The van der Waals surface area contributed by atoms with Gasteiger partial charge in [0.25, 0.3) is 0 Å². The van der Waals surface area contributed by atoms with Gasteiger partial charge in [-0.3, -0.25) is 4.90 Å². The molecule has 0 N–H and O–H groups in total. The van der Waals surface area contributed by atoms with Crippen LogP contribution >= 0.6 is 0 Å². The van der Waals surface area contributed by atoms with Crippen molar-refractivity contribution in [2.75, 3.05) is 39.5 Å². The zero-order valence-corrected chi connectivity index (χ0v) is 13.4. The van der Waals surface area contributed by atoms with Crippen LogP contribution in [0.25, 0.3) is 0 Å². The first-order chi connectivity index (χ1) is 9.08. The quantitative estimate of drug-likeness (QED) is 0.601. The first-order valence-corrected chi connectivity index (χ1v) is 7.99. The van der Waals surface area contributed by atoms with Crippen molar-refractivity contribution in [1.82, 2.24) is 4.90 Å². The van der Waals surface area contributed by atoms with Crippen LogP contribution in [-0.2, 0) is 9.47 Å². The highest BCUT2D eigenvalue weighted by atomic mass is 16.5. The molecule has 1 atom stereocenters. The monoisotopic (exact) mass is 271 g/mol. The van der Waals surface area contributed by atoms with Crippen LogP contribution in [0.5, 0.6) is 0 Å². The molecule has 1 heterocycles. The standard InChI is InChI=1S/C16H33NO2/c1-14(2)6-5-7-16-12-17(9-11-19-16)8-10-18-13-15(3)4/h14-16H,5-13H2,1-4H3/t16-/m0/s1. The average molecular weight is 271 g/mol. The van der Waals surface area contributed by atoms with Crippen LogP contribution in [0.15, 0.2) is 0 Å². The number of rotatable bonds is 9. The van der Waals surface area contributed by atoms with Gasteiger partial charge in [-0.1, -0.05) is 40.5 Å². The van der Waals surface area contributed by atoms with Crippen molar-refractivity contribution >= 4 is 0 Å². The summed E-state index contributed by atoms with van der Waals surface area (Å²) in [6, 6.07) is 0. The van der Waals surface area contributed by atoms with Gasteiger partial charge in [0.15, 0.2) is 0 Å². The van der Waals surface area contributed by atoms with Crippen molar-refractivity contribution in [3.63, 3.8) is 0 Å². The normalized spacial score (nSPS) is 21.5. The minimum atomic E-state index is 0.442. The van der Waals surface area contributed by atoms with E-state index in [4.69, 9.17) is 9.47 Å². The molecule has 1 aliphatic heterocycles. The van der Waals surface area contributed by atoms with Gasteiger partial charge in [0.1, 0.15) is 0 Å². The fourth-order valence-electron chi connectivity index (χ4n) is 2.42. The van der Waals surface area contributed by atoms with E-state index in [2.05, 4.69) is 32.6 Å². The Morgan fingerprint density at radius 2 is 2.00 bits per heavy atom. The average Bonchev–Trinajstić information content (AvgIpc) is 2.34. The van der Waals surface area contributed by atoms with Gasteiger partial charge < -0.3 is 9.47 Å². The third-order valence-electron chi connectivity index (χ3n) is 3.53. The van der Waals surface area contributed by atoms with Crippen LogP contribution in [-0.4, -0.2) is 50.5 Å².